The number of aliphatic hydroxyl groups is 1. The minimum Gasteiger partial charge on any atom is -0.392 e. The zero-order chi connectivity index (χ0) is 16.8. The molecule has 0 aliphatic rings. The Labute approximate surface area is 140 Å². The van der Waals surface area contributed by atoms with Crippen molar-refractivity contribution in [2.45, 2.75) is 26.9 Å². The molecule has 0 atom stereocenters. The quantitative estimate of drug-likeness (QED) is 0.565. The Kier molecular flexibility index (Phi) is 3.39. The van der Waals surface area contributed by atoms with Crippen molar-refractivity contribution >= 4 is 22.3 Å². The van der Waals surface area contributed by atoms with Crippen LogP contribution < -0.4 is 0 Å². The molecule has 4 rings (SSSR count). The first-order valence-electron chi connectivity index (χ1n) is 8.25. The number of hydrogen-bond acceptors (Lipinski definition) is 2. The van der Waals surface area contributed by atoms with Crippen LogP contribution in [0.15, 0.2) is 48.5 Å². The number of ketones is 1. The number of hydrogen-bond donors (Lipinski definition) is 1. The lowest BCUT2D eigenvalue weighted by Crippen LogP contribution is -1.92. The lowest BCUT2D eigenvalue weighted by atomic mass is 9.98. The highest BCUT2D eigenvalue weighted by atomic mass is 16.3. The maximum atomic E-state index is 12.0. The Balaban J connectivity index is 2.10. The molecular formula is C21H19NO2. The van der Waals surface area contributed by atoms with Gasteiger partial charge < -0.3 is 9.51 Å². The third-order valence-electron chi connectivity index (χ3n) is 4.81. The average molecular weight is 317 g/mol. The van der Waals surface area contributed by atoms with E-state index in [1.54, 1.807) is 6.92 Å². The fourth-order valence-electron chi connectivity index (χ4n) is 3.70. The largest absolute Gasteiger partial charge is 0.392 e. The number of benzene rings is 1. The van der Waals surface area contributed by atoms with Crippen molar-refractivity contribution in [1.82, 2.24) is 4.40 Å². The van der Waals surface area contributed by atoms with Gasteiger partial charge in [-0.05, 0) is 48.2 Å². The second-order valence-corrected chi connectivity index (χ2v) is 6.19. The molecule has 0 unspecified atom stereocenters. The van der Waals surface area contributed by atoms with Crippen molar-refractivity contribution in [3.8, 4) is 11.1 Å². The Morgan fingerprint density at radius 3 is 2.38 bits per heavy atom. The van der Waals surface area contributed by atoms with Gasteiger partial charge in [-0.2, -0.15) is 0 Å². The van der Waals surface area contributed by atoms with Gasteiger partial charge in [0.25, 0.3) is 0 Å². The molecule has 1 N–H and O–H groups in total. The normalized spacial score (nSPS) is 11.6. The van der Waals surface area contributed by atoms with Crippen LogP contribution in [0.5, 0.6) is 0 Å². The van der Waals surface area contributed by atoms with E-state index in [2.05, 4.69) is 29.5 Å². The predicted octanol–water partition coefficient (Wildman–Crippen LogP) is 4.45. The Hall–Kier alpha value is -2.65. The summed E-state index contributed by atoms with van der Waals surface area (Å²) >= 11 is 0. The number of aryl methyl sites for hydroxylation is 1. The second kappa shape index (κ2) is 5.46. The van der Waals surface area contributed by atoms with E-state index in [0.29, 0.717) is 0 Å². The van der Waals surface area contributed by atoms with Crippen LogP contribution in [0, 0.1) is 0 Å². The number of aliphatic hydroxyl groups excluding tert-OH is 1. The Morgan fingerprint density at radius 1 is 1.04 bits per heavy atom. The highest BCUT2D eigenvalue weighted by Gasteiger charge is 2.21. The van der Waals surface area contributed by atoms with E-state index in [1.807, 2.05) is 30.3 Å². The molecule has 24 heavy (non-hydrogen) atoms. The molecule has 0 aliphatic heterocycles. The summed E-state index contributed by atoms with van der Waals surface area (Å²) in [7, 11) is 0. The lowest BCUT2D eigenvalue weighted by molar-refractivity contribution is 0.101. The number of rotatable bonds is 4. The number of Topliss-reactive ketones (excluding diaryl/α,β-unsaturated/α-hetero) is 1. The molecule has 3 aromatic heterocycles. The van der Waals surface area contributed by atoms with Crippen LogP contribution in [0.2, 0.25) is 0 Å². The van der Waals surface area contributed by atoms with Crippen LogP contribution >= 0.6 is 0 Å². The Bertz CT molecular complexity index is 1040. The van der Waals surface area contributed by atoms with Crippen molar-refractivity contribution < 1.29 is 9.90 Å². The average Bonchev–Trinajstić information content (AvgIpc) is 3.14. The van der Waals surface area contributed by atoms with E-state index in [1.165, 1.54) is 16.6 Å². The topological polar surface area (TPSA) is 41.7 Å². The van der Waals surface area contributed by atoms with Gasteiger partial charge in [-0.25, -0.2) is 0 Å². The van der Waals surface area contributed by atoms with Crippen molar-refractivity contribution in [2.24, 2.45) is 0 Å². The molecule has 0 radical (unpaired) electrons. The molecule has 120 valence electrons. The fraction of sp³-hybridized carbons (Fsp3) is 0.190. The summed E-state index contributed by atoms with van der Waals surface area (Å²) in [4.78, 5) is 12.0. The highest BCUT2D eigenvalue weighted by Crippen LogP contribution is 2.38. The molecule has 0 amide bonds. The molecule has 0 bridgehead atoms. The summed E-state index contributed by atoms with van der Waals surface area (Å²) in [6.45, 7) is 3.83. The number of pyridine rings is 1. The molecule has 0 saturated carbocycles. The van der Waals surface area contributed by atoms with Crippen LogP contribution in [-0.2, 0) is 13.0 Å². The first-order valence-corrected chi connectivity index (χ1v) is 8.25. The first-order chi connectivity index (χ1) is 11.7. The van der Waals surface area contributed by atoms with E-state index in [0.717, 1.165) is 34.1 Å². The van der Waals surface area contributed by atoms with Crippen LogP contribution in [0.3, 0.4) is 0 Å². The van der Waals surface area contributed by atoms with Crippen molar-refractivity contribution in [2.75, 3.05) is 0 Å². The monoisotopic (exact) mass is 317 g/mol. The number of nitrogens with zero attached hydrogens (tertiary/aromatic N) is 1. The van der Waals surface area contributed by atoms with Gasteiger partial charge in [0.2, 0.25) is 0 Å². The van der Waals surface area contributed by atoms with Gasteiger partial charge >= 0.3 is 0 Å². The van der Waals surface area contributed by atoms with Crippen LogP contribution in [0.4, 0.5) is 0 Å². The summed E-state index contributed by atoms with van der Waals surface area (Å²) in [5, 5.41) is 9.27. The van der Waals surface area contributed by atoms with Gasteiger partial charge in [0.1, 0.15) is 0 Å². The Morgan fingerprint density at radius 2 is 1.75 bits per heavy atom. The van der Waals surface area contributed by atoms with E-state index >= 15 is 0 Å². The summed E-state index contributed by atoms with van der Waals surface area (Å²) < 4.78 is 2.20. The minimum atomic E-state index is 0.0457. The smallest absolute Gasteiger partial charge is 0.161 e. The van der Waals surface area contributed by atoms with Crippen LogP contribution in [0.25, 0.3) is 27.7 Å². The van der Waals surface area contributed by atoms with Gasteiger partial charge in [-0.3, -0.25) is 4.79 Å². The van der Waals surface area contributed by atoms with E-state index in [4.69, 9.17) is 0 Å². The third-order valence-corrected chi connectivity index (χ3v) is 4.81. The maximum Gasteiger partial charge on any atom is 0.161 e. The molecule has 0 spiro atoms. The summed E-state index contributed by atoms with van der Waals surface area (Å²) in [5.41, 5.74) is 8.49. The van der Waals surface area contributed by atoms with Gasteiger partial charge in [-0.1, -0.05) is 37.3 Å². The summed E-state index contributed by atoms with van der Waals surface area (Å²) in [6.07, 6.45) is 0.924. The minimum absolute atomic E-state index is 0.0457. The molecule has 3 nitrogen and oxygen atoms in total. The van der Waals surface area contributed by atoms with Crippen LogP contribution in [-0.4, -0.2) is 15.3 Å². The zero-order valence-electron chi connectivity index (χ0n) is 13.8. The molecule has 4 aromatic rings. The van der Waals surface area contributed by atoms with Gasteiger partial charge in [-0.15, -0.1) is 0 Å². The van der Waals surface area contributed by atoms with E-state index in [-0.39, 0.29) is 12.4 Å². The maximum absolute atomic E-state index is 12.0. The first kappa shape index (κ1) is 14.9. The van der Waals surface area contributed by atoms with Crippen molar-refractivity contribution in [1.29, 1.82) is 0 Å². The zero-order valence-corrected chi connectivity index (χ0v) is 13.8. The number of carbonyl (C=O) groups excluding carboxylic acids is 1. The molecule has 0 aliphatic carbocycles. The molecule has 0 fully saturated rings. The highest BCUT2D eigenvalue weighted by molar-refractivity contribution is 6.07. The van der Waals surface area contributed by atoms with Gasteiger partial charge in [0.15, 0.2) is 5.78 Å². The van der Waals surface area contributed by atoms with E-state index < -0.39 is 0 Å². The second-order valence-electron chi connectivity index (χ2n) is 6.19. The van der Waals surface area contributed by atoms with E-state index in [9.17, 15) is 9.90 Å². The lowest BCUT2D eigenvalue weighted by Gasteiger charge is -2.05. The molecule has 3 heterocycles. The third kappa shape index (κ3) is 1.98. The molecule has 0 saturated heterocycles. The van der Waals surface area contributed by atoms with Crippen molar-refractivity contribution in [3.05, 3.63) is 65.2 Å². The van der Waals surface area contributed by atoms with Crippen LogP contribution in [0.1, 0.15) is 35.3 Å². The molecular weight excluding hydrogens is 298 g/mol. The summed E-state index contributed by atoms with van der Waals surface area (Å²) in [5.74, 6) is 0.0887. The fourth-order valence-corrected chi connectivity index (χ4v) is 3.70. The standard InChI is InChI=1S/C21H19NO2/c1-3-16-18-5-4-6-19-17(13(2)24)11-20(22(18)19)21(16)15-9-7-14(12-23)8-10-15/h4-11,23H,3,12H2,1-2H3. The number of carbonyl (C=O) groups is 1. The predicted molar refractivity (Wildman–Crippen MR) is 96.8 cm³/mol. The SMILES string of the molecule is CCc1c(-c2ccc(CO)cc2)c2cc(C(C)=O)c3cccc1n32. The van der Waals surface area contributed by atoms with Gasteiger partial charge in [0, 0.05) is 11.1 Å². The molecule has 3 heteroatoms. The summed E-state index contributed by atoms with van der Waals surface area (Å²) in [6, 6.07) is 16.2. The molecule has 1 aromatic carbocycles. The van der Waals surface area contributed by atoms with Gasteiger partial charge in [0.05, 0.1) is 23.2 Å². The van der Waals surface area contributed by atoms with Crippen molar-refractivity contribution in [3.63, 3.8) is 0 Å². The number of aromatic nitrogens is 1.